The smallest absolute Gasteiger partial charge is 0.417 e. The maximum Gasteiger partial charge on any atom is 0.417 e. The van der Waals surface area contributed by atoms with Crippen LogP contribution in [0.15, 0.2) is 48.9 Å². The van der Waals surface area contributed by atoms with Crippen molar-refractivity contribution < 1.29 is 9.90 Å². The standard InChI is InChI=1S/C22H20N4O2/c1-22(2,3)18-16-26(21(27)28)20(24-18)12-8-7-11-19-23-13-14-25(19)15-17-9-5-4-6-10-17/h4-6,9-10,13-14,16H,15H2,1-3H3,(H,27,28). The van der Waals surface area contributed by atoms with Gasteiger partial charge in [0.15, 0.2) is 11.6 Å². The van der Waals surface area contributed by atoms with Crippen molar-refractivity contribution >= 4 is 6.09 Å². The van der Waals surface area contributed by atoms with E-state index >= 15 is 0 Å². The van der Waals surface area contributed by atoms with Gasteiger partial charge in [-0.05, 0) is 29.2 Å². The molecule has 0 atom stereocenters. The van der Waals surface area contributed by atoms with Crippen LogP contribution in [-0.2, 0) is 12.0 Å². The van der Waals surface area contributed by atoms with Gasteiger partial charge in [0.25, 0.3) is 0 Å². The van der Waals surface area contributed by atoms with E-state index in [4.69, 9.17) is 0 Å². The van der Waals surface area contributed by atoms with Gasteiger partial charge in [0.2, 0.25) is 0 Å². The highest BCUT2D eigenvalue weighted by molar-refractivity contribution is 5.70. The predicted octanol–water partition coefficient (Wildman–Crippen LogP) is 3.35. The van der Waals surface area contributed by atoms with Crippen LogP contribution in [0.1, 0.15) is 43.7 Å². The van der Waals surface area contributed by atoms with E-state index in [0.29, 0.717) is 18.1 Å². The van der Waals surface area contributed by atoms with Gasteiger partial charge in [-0.1, -0.05) is 51.1 Å². The lowest BCUT2D eigenvalue weighted by molar-refractivity contribution is 0.196. The number of carboxylic acid groups (broad SMARTS) is 1. The summed E-state index contributed by atoms with van der Waals surface area (Å²) in [5.41, 5.74) is 1.53. The largest absolute Gasteiger partial charge is 0.464 e. The summed E-state index contributed by atoms with van der Waals surface area (Å²) in [6, 6.07) is 10.0. The fourth-order valence-corrected chi connectivity index (χ4v) is 2.49. The Morgan fingerprint density at radius 1 is 1.11 bits per heavy atom. The Balaban J connectivity index is 1.82. The molecule has 3 rings (SSSR count). The minimum Gasteiger partial charge on any atom is -0.464 e. The number of carbonyl (C=O) groups is 1. The molecule has 0 aliphatic heterocycles. The van der Waals surface area contributed by atoms with Crippen LogP contribution in [0.2, 0.25) is 0 Å². The summed E-state index contributed by atoms with van der Waals surface area (Å²) >= 11 is 0. The molecule has 0 aliphatic carbocycles. The van der Waals surface area contributed by atoms with E-state index in [1.807, 2.05) is 61.9 Å². The number of imidazole rings is 2. The van der Waals surface area contributed by atoms with Gasteiger partial charge in [-0.3, -0.25) is 0 Å². The van der Waals surface area contributed by atoms with Gasteiger partial charge in [0, 0.05) is 30.6 Å². The summed E-state index contributed by atoms with van der Waals surface area (Å²) < 4.78 is 2.95. The Labute approximate surface area is 163 Å². The van der Waals surface area contributed by atoms with Crippen LogP contribution < -0.4 is 0 Å². The van der Waals surface area contributed by atoms with E-state index in [1.54, 1.807) is 6.20 Å². The average Bonchev–Trinajstić information content (AvgIpc) is 3.26. The quantitative estimate of drug-likeness (QED) is 0.700. The zero-order chi connectivity index (χ0) is 20.1. The first-order valence-corrected chi connectivity index (χ1v) is 8.75. The fraction of sp³-hybridized carbons (Fsp3) is 0.227. The molecule has 0 unspecified atom stereocenters. The van der Waals surface area contributed by atoms with Crippen LogP contribution in [0.4, 0.5) is 4.79 Å². The molecule has 0 amide bonds. The monoisotopic (exact) mass is 372 g/mol. The van der Waals surface area contributed by atoms with Gasteiger partial charge < -0.3 is 9.67 Å². The van der Waals surface area contributed by atoms with Crippen LogP contribution in [-0.4, -0.2) is 30.3 Å². The van der Waals surface area contributed by atoms with Crippen molar-refractivity contribution in [2.45, 2.75) is 32.7 Å². The number of rotatable bonds is 2. The maximum absolute atomic E-state index is 11.4. The SMILES string of the molecule is CC(C)(C)c1cn(C(=O)O)c(C#CC#Cc2nccn2Cc2ccccc2)n1. The minimum atomic E-state index is -1.13. The molecule has 0 fully saturated rings. The second-order valence-corrected chi connectivity index (χ2v) is 7.22. The molecule has 28 heavy (non-hydrogen) atoms. The highest BCUT2D eigenvalue weighted by Gasteiger charge is 2.21. The molecule has 2 heterocycles. The van der Waals surface area contributed by atoms with Crippen LogP contribution in [0.25, 0.3) is 0 Å². The predicted molar refractivity (Wildman–Crippen MR) is 106 cm³/mol. The van der Waals surface area contributed by atoms with Crippen LogP contribution >= 0.6 is 0 Å². The summed E-state index contributed by atoms with van der Waals surface area (Å²) in [4.78, 5) is 20.0. The zero-order valence-corrected chi connectivity index (χ0v) is 16.0. The summed E-state index contributed by atoms with van der Waals surface area (Å²) in [6.07, 6.45) is 3.91. The van der Waals surface area contributed by atoms with Crippen molar-refractivity contribution in [3.63, 3.8) is 0 Å². The molecule has 140 valence electrons. The fourth-order valence-electron chi connectivity index (χ4n) is 2.49. The Kier molecular flexibility index (Phi) is 5.33. The number of nitrogens with zero attached hydrogens (tertiary/aromatic N) is 4. The van der Waals surface area contributed by atoms with E-state index in [9.17, 15) is 9.90 Å². The van der Waals surface area contributed by atoms with Crippen molar-refractivity contribution in [3.8, 4) is 23.7 Å². The lowest BCUT2D eigenvalue weighted by atomic mass is 9.93. The van der Waals surface area contributed by atoms with Crippen molar-refractivity contribution in [2.75, 3.05) is 0 Å². The molecule has 0 saturated heterocycles. The van der Waals surface area contributed by atoms with E-state index in [2.05, 4.69) is 33.6 Å². The maximum atomic E-state index is 11.4. The first kappa shape index (κ1) is 19.0. The Morgan fingerprint density at radius 3 is 2.43 bits per heavy atom. The first-order chi connectivity index (χ1) is 13.3. The molecular weight excluding hydrogens is 352 g/mol. The van der Waals surface area contributed by atoms with Gasteiger partial charge in [0.05, 0.1) is 5.69 Å². The van der Waals surface area contributed by atoms with Crippen molar-refractivity contribution in [1.82, 2.24) is 19.1 Å². The summed E-state index contributed by atoms with van der Waals surface area (Å²) in [6.45, 7) is 6.55. The molecule has 2 aromatic heterocycles. The molecular formula is C22H20N4O2. The molecule has 1 aromatic carbocycles. The topological polar surface area (TPSA) is 72.9 Å². The molecule has 6 nitrogen and oxygen atoms in total. The first-order valence-electron chi connectivity index (χ1n) is 8.75. The third-order valence-corrected chi connectivity index (χ3v) is 4.00. The normalized spacial score (nSPS) is 10.5. The Morgan fingerprint density at radius 2 is 1.79 bits per heavy atom. The highest BCUT2D eigenvalue weighted by atomic mass is 16.4. The van der Waals surface area contributed by atoms with Gasteiger partial charge in [-0.25, -0.2) is 19.3 Å². The second-order valence-electron chi connectivity index (χ2n) is 7.22. The molecule has 1 N–H and O–H groups in total. The molecule has 0 bridgehead atoms. The zero-order valence-electron chi connectivity index (χ0n) is 16.0. The molecule has 3 aromatic rings. The van der Waals surface area contributed by atoms with Gasteiger partial charge in [-0.15, -0.1) is 0 Å². The van der Waals surface area contributed by atoms with E-state index in [1.165, 1.54) is 6.20 Å². The molecule has 0 aliphatic rings. The number of hydrogen-bond acceptors (Lipinski definition) is 3. The average molecular weight is 372 g/mol. The van der Waals surface area contributed by atoms with Crippen molar-refractivity contribution in [2.24, 2.45) is 0 Å². The van der Waals surface area contributed by atoms with Gasteiger partial charge in [-0.2, -0.15) is 0 Å². The van der Waals surface area contributed by atoms with E-state index < -0.39 is 6.09 Å². The molecule has 0 spiro atoms. The number of hydrogen-bond donors (Lipinski definition) is 1. The lowest BCUT2D eigenvalue weighted by Gasteiger charge is -2.13. The minimum absolute atomic E-state index is 0.152. The third-order valence-electron chi connectivity index (χ3n) is 4.00. The van der Waals surface area contributed by atoms with Gasteiger partial charge in [0.1, 0.15) is 0 Å². The summed E-state index contributed by atoms with van der Waals surface area (Å²) in [7, 11) is 0. The van der Waals surface area contributed by atoms with Crippen LogP contribution in [0.5, 0.6) is 0 Å². The van der Waals surface area contributed by atoms with Crippen molar-refractivity contribution in [3.05, 3.63) is 71.8 Å². The highest BCUT2D eigenvalue weighted by Crippen LogP contribution is 2.21. The second kappa shape index (κ2) is 7.85. The Hall–Kier alpha value is -3.77. The molecule has 0 saturated carbocycles. The third kappa shape index (κ3) is 4.49. The van der Waals surface area contributed by atoms with Crippen molar-refractivity contribution in [1.29, 1.82) is 0 Å². The van der Waals surface area contributed by atoms with Crippen LogP contribution in [0, 0.1) is 23.7 Å². The molecule has 0 radical (unpaired) electrons. The van der Waals surface area contributed by atoms with Crippen LogP contribution in [0.3, 0.4) is 0 Å². The lowest BCUT2D eigenvalue weighted by Crippen LogP contribution is -2.12. The Bertz CT molecular complexity index is 1110. The van der Waals surface area contributed by atoms with E-state index in [-0.39, 0.29) is 11.2 Å². The summed E-state index contributed by atoms with van der Waals surface area (Å²) in [5.74, 6) is 11.8. The van der Waals surface area contributed by atoms with Gasteiger partial charge >= 0.3 is 6.09 Å². The summed E-state index contributed by atoms with van der Waals surface area (Å²) in [5, 5.41) is 9.33. The molecule has 6 heteroatoms. The number of aromatic nitrogens is 4. The number of benzene rings is 1. The van der Waals surface area contributed by atoms with E-state index in [0.717, 1.165) is 10.1 Å².